The van der Waals surface area contributed by atoms with Gasteiger partial charge in [0, 0.05) is 49.6 Å². The van der Waals surface area contributed by atoms with E-state index in [2.05, 4.69) is 29.0 Å². The quantitative estimate of drug-likeness (QED) is 0.776. The van der Waals surface area contributed by atoms with Gasteiger partial charge in [-0.1, -0.05) is 25.4 Å². The van der Waals surface area contributed by atoms with Gasteiger partial charge in [-0.2, -0.15) is 0 Å². The molecular weight excluding hydrogens is 362 g/mol. The van der Waals surface area contributed by atoms with Gasteiger partial charge in [0.2, 0.25) is 5.91 Å². The molecule has 3 rings (SSSR count). The minimum atomic E-state index is 0.0411. The highest BCUT2D eigenvalue weighted by Gasteiger charge is 2.21. The summed E-state index contributed by atoms with van der Waals surface area (Å²) < 4.78 is 5.74. The summed E-state index contributed by atoms with van der Waals surface area (Å²) in [7, 11) is 0. The predicted octanol–water partition coefficient (Wildman–Crippen LogP) is 4.02. The number of piperidine rings is 1. The average molecular weight is 390 g/mol. The molecule has 2 heterocycles. The first-order valence-electron chi connectivity index (χ1n) is 9.69. The van der Waals surface area contributed by atoms with Gasteiger partial charge in [0.25, 0.3) is 0 Å². The molecule has 1 aliphatic rings. The third-order valence-electron chi connectivity index (χ3n) is 4.94. The van der Waals surface area contributed by atoms with Crippen molar-refractivity contribution in [3.63, 3.8) is 0 Å². The molecule has 0 saturated carbocycles. The van der Waals surface area contributed by atoms with Gasteiger partial charge >= 0.3 is 0 Å². The van der Waals surface area contributed by atoms with Crippen LogP contribution in [0.5, 0.6) is 0 Å². The van der Waals surface area contributed by atoms with Crippen LogP contribution in [0, 0.1) is 11.8 Å². The van der Waals surface area contributed by atoms with Crippen LogP contribution in [-0.2, 0) is 11.2 Å². The van der Waals surface area contributed by atoms with Gasteiger partial charge in [0.05, 0.1) is 6.20 Å². The average Bonchev–Trinajstić information content (AvgIpc) is 3.09. The monoisotopic (exact) mass is 389 g/mol. The van der Waals surface area contributed by atoms with Crippen molar-refractivity contribution in [1.29, 1.82) is 0 Å². The number of carbonyl (C=O) groups is 1. The fraction of sp³-hybridized carbons (Fsp3) is 0.524. The molecule has 0 aliphatic carbocycles. The molecule has 1 amide bonds. The zero-order valence-electron chi connectivity index (χ0n) is 16.1. The fourth-order valence-electron chi connectivity index (χ4n) is 3.81. The number of halogens is 1. The lowest BCUT2D eigenvalue weighted by atomic mass is 9.92. The Labute approximate surface area is 166 Å². The molecule has 6 heteroatoms. The molecule has 146 valence electrons. The lowest BCUT2D eigenvalue weighted by Crippen LogP contribution is -2.42. The van der Waals surface area contributed by atoms with Crippen LogP contribution in [0.2, 0.25) is 5.02 Å². The molecular formula is C21H28ClN3O2. The van der Waals surface area contributed by atoms with Crippen molar-refractivity contribution in [3.05, 3.63) is 41.4 Å². The molecule has 1 aromatic carbocycles. The van der Waals surface area contributed by atoms with E-state index >= 15 is 0 Å². The Morgan fingerprint density at radius 1 is 1.26 bits per heavy atom. The van der Waals surface area contributed by atoms with Crippen molar-refractivity contribution in [2.45, 2.75) is 33.1 Å². The minimum Gasteiger partial charge on any atom is -0.441 e. The van der Waals surface area contributed by atoms with Gasteiger partial charge in [0.15, 0.2) is 11.7 Å². The van der Waals surface area contributed by atoms with Crippen LogP contribution >= 0.6 is 11.6 Å². The highest BCUT2D eigenvalue weighted by molar-refractivity contribution is 6.30. The molecule has 1 saturated heterocycles. The molecule has 0 spiro atoms. The maximum atomic E-state index is 12.1. The molecule has 2 aromatic rings. The molecule has 27 heavy (non-hydrogen) atoms. The predicted molar refractivity (Wildman–Crippen MR) is 108 cm³/mol. The number of amides is 1. The van der Waals surface area contributed by atoms with E-state index in [1.54, 1.807) is 6.20 Å². The van der Waals surface area contributed by atoms with Crippen LogP contribution in [0.3, 0.4) is 0 Å². The number of aryl methyl sites for hydroxylation is 1. The number of nitrogens with one attached hydrogen (secondary N) is 1. The molecule has 1 fully saturated rings. The molecule has 2 atom stereocenters. The van der Waals surface area contributed by atoms with Crippen molar-refractivity contribution < 1.29 is 9.21 Å². The van der Waals surface area contributed by atoms with Gasteiger partial charge in [-0.05, 0) is 42.5 Å². The van der Waals surface area contributed by atoms with E-state index in [0.29, 0.717) is 36.1 Å². The van der Waals surface area contributed by atoms with E-state index in [1.165, 1.54) is 6.42 Å². The van der Waals surface area contributed by atoms with E-state index in [1.807, 2.05) is 24.3 Å². The van der Waals surface area contributed by atoms with Crippen molar-refractivity contribution in [1.82, 2.24) is 15.2 Å². The first kappa shape index (κ1) is 19.9. The third kappa shape index (κ3) is 6.08. The van der Waals surface area contributed by atoms with Gasteiger partial charge < -0.3 is 14.6 Å². The van der Waals surface area contributed by atoms with Gasteiger partial charge in [-0.25, -0.2) is 4.98 Å². The van der Waals surface area contributed by atoms with Crippen LogP contribution in [0.1, 0.15) is 32.6 Å². The van der Waals surface area contributed by atoms with Gasteiger partial charge in [0.1, 0.15) is 0 Å². The fourth-order valence-corrected chi connectivity index (χ4v) is 3.94. The number of aromatic nitrogens is 1. The van der Waals surface area contributed by atoms with E-state index in [4.69, 9.17) is 16.0 Å². The molecule has 1 N–H and O–H groups in total. The summed E-state index contributed by atoms with van der Waals surface area (Å²) in [6.07, 6.45) is 3.87. The lowest BCUT2D eigenvalue weighted by Gasteiger charge is -2.34. The first-order chi connectivity index (χ1) is 13.0. The summed E-state index contributed by atoms with van der Waals surface area (Å²) in [6, 6.07) is 7.41. The Bertz CT molecular complexity index is 734. The molecule has 2 unspecified atom stereocenters. The summed E-state index contributed by atoms with van der Waals surface area (Å²) >= 11 is 5.90. The summed E-state index contributed by atoms with van der Waals surface area (Å²) in [4.78, 5) is 18.8. The first-order valence-corrected chi connectivity index (χ1v) is 10.1. The Kier molecular flexibility index (Phi) is 6.91. The minimum absolute atomic E-state index is 0.0411. The second-order valence-electron chi connectivity index (χ2n) is 7.68. The molecule has 5 nitrogen and oxygen atoms in total. The summed E-state index contributed by atoms with van der Waals surface area (Å²) in [6.45, 7) is 8.47. The Morgan fingerprint density at radius 2 is 1.96 bits per heavy atom. The second kappa shape index (κ2) is 9.38. The van der Waals surface area contributed by atoms with Gasteiger partial charge in [-0.3, -0.25) is 4.79 Å². The van der Waals surface area contributed by atoms with Crippen molar-refractivity contribution in [3.8, 4) is 11.3 Å². The number of oxazole rings is 1. The second-order valence-corrected chi connectivity index (χ2v) is 8.12. The standard InChI is InChI=1S/C21H28ClN3O2/c1-15-11-16(2)14-25(13-15)10-9-23-20(26)7-8-21-24-12-19(27-21)17-3-5-18(22)6-4-17/h3-6,12,15-16H,7-11,13-14H2,1-2H3,(H,23,26). The molecule has 1 aliphatic heterocycles. The third-order valence-corrected chi connectivity index (χ3v) is 5.19. The lowest BCUT2D eigenvalue weighted by molar-refractivity contribution is -0.121. The Morgan fingerprint density at radius 3 is 2.67 bits per heavy atom. The number of rotatable bonds is 7. The smallest absolute Gasteiger partial charge is 0.220 e. The van der Waals surface area contributed by atoms with E-state index in [-0.39, 0.29) is 5.91 Å². The van der Waals surface area contributed by atoms with Crippen molar-refractivity contribution in [2.75, 3.05) is 26.2 Å². The number of likely N-dealkylation sites (tertiary alicyclic amines) is 1. The summed E-state index contributed by atoms with van der Waals surface area (Å²) in [5.74, 6) is 2.79. The number of nitrogens with zero attached hydrogens (tertiary/aromatic N) is 2. The van der Waals surface area contributed by atoms with E-state index in [0.717, 1.165) is 37.0 Å². The van der Waals surface area contributed by atoms with Crippen molar-refractivity contribution >= 4 is 17.5 Å². The summed E-state index contributed by atoms with van der Waals surface area (Å²) in [5.41, 5.74) is 0.924. The van der Waals surface area contributed by atoms with Crippen LogP contribution in [0.4, 0.5) is 0 Å². The Balaban J connectivity index is 1.39. The topological polar surface area (TPSA) is 58.4 Å². The maximum Gasteiger partial charge on any atom is 0.220 e. The van der Waals surface area contributed by atoms with Crippen LogP contribution in [0.15, 0.2) is 34.9 Å². The molecule has 1 aromatic heterocycles. The largest absolute Gasteiger partial charge is 0.441 e. The zero-order valence-corrected chi connectivity index (χ0v) is 16.8. The maximum absolute atomic E-state index is 12.1. The number of hydrogen-bond acceptors (Lipinski definition) is 4. The van der Waals surface area contributed by atoms with Crippen LogP contribution in [0.25, 0.3) is 11.3 Å². The molecule has 0 bridgehead atoms. The molecule has 0 radical (unpaired) electrons. The van der Waals surface area contributed by atoms with Crippen molar-refractivity contribution in [2.24, 2.45) is 11.8 Å². The zero-order chi connectivity index (χ0) is 19.2. The van der Waals surface area contributed by atoms with E-state index in [9.17, 15) is 4.79 Å². The van der Waals surface area contributed by atoms with Gasteiger partial charge in [-0.15, -0.1) is 0 Å². The highest BCUT2D eigenvalue weighted by Crippen LogP contribution is 2.23. The normalized spacial score (nSPS) is 20.6. The van der Waals surface area contributed by atoms with Crippen LogP contribution in [-0.4, -0.2) is 42.0 Å². The Hall–Kier alpha value is -1.85. The number of hydrogen-bond donors (Lipinski definition) is 1. The highest BCUT2D eigenvalue weighted by atomic mass is 35.5. The van der Waals surface area contributed by atoms with Crippen LogP contribution < -0.4 is 5.32 Å². The SMILES string of the molecule is CC1CC(C)CN(CCNC(=O)CCc2ncc(-c3ccc(Cl)cc3)o2)C1. The summed E-state index contributed by atoms with van der Waals surface area (Å²) in [5, 5.41) is 3.69. The van der Waals surface area contributed by atoms with E-state index < -0.39 is 0 Å². The number of benzene rings is 1. The number of carbonyl (C=O) groups excluding carboxylic acids is 1.